The molecule has 1 rings (SSSR count). The fourth-order valence-corrected chi connectivity index (χ4v) is 1.19. The Bertz CT molecular complexity index is 313. The van der Waals surface area contributed by atoms with E-state index in [4.69, 9.17) is 10.9 Å². The minimum atomic E-state index is 0.00456. The van der Waals surface area contributed by atoms with E-state index in [0.717, 1.165) is 12.1 Å². The molecule has 0 aliphatic heterocycles. The molecule has 15 heavy (non-hydrogen) atoms. The molecule has 0 saturated heterocycles. The van der Waals surface area contributed by atoms with E-state index in [1.807, 2.05) is 13.8 Å². The molecule has 1 unspecified atom stereocenters. The van der Waals surface area contributed by atoms with Crippen LogP contribution in [0, 0.1) is 6.92 Å². The third-order valence-electron chi connectivity index (χ3n) is 2.05. The van der Waals surface area contributed by atoms with Crippen molar-refractivity contribution < 1.29 is 5.11 Å². The van der Waals surface area contributed by atoms with Crippen LogP contribution in [0.5, 0.6) is 0 Å². The van der Waals surface area contributed by atoms with Gasteiger partial charge < -0.3 is 10.4 Å². The second kappa shape index (κ2) is 5.47. The minimum Gasteiger partial charge on any atom is -0.394 e. The number of hydrazine groups is 1. The second-order valence-corrected chi connectivity index (χ2v) is 3.29. The van der Waals surface area contributed by atoms with E-state index in [1.54, 1.807) is 6.07 Å². The number of aliphatic hydroxyl groups excluding tert-OH is 1. The van der Waals surface area contributed by atoms with Crippen molar-refractivity contribution in [1.82, 2.24) is 9.97 Å². The summed E-state index contributed by atoms with van der Waals surface area (Å²) < 4.78 is 0. The van der Waals surface area contributed by atoms with Gasteiger partial charge in [-0.25, -0.2) is 10.8 Å². The molecule has 6 nitrogen and oxygen atoms in total. The summed E-state index contributed by atoms with van der Waals surface area (Å²) in [6.07, 6.45) is 0.824. The van der Waals surface area contributed by atoms with Crippen molar-refractivity contribution in [1.29, 1.82) is 0 Å². The highest BCUT2D eigenvalue weighted by Gasteiger charge is 2.06. The van der Waals surface area contributed by atoms with E-state index >= 15 is 0 Å². The molecule has 0 spiro atoms. The second-order valence-electron chi connectivity index (χ2n) is 3.29. The summed E-state index contributed by atoms with van der Waals surface area (Å²) in [5.41, 5.74) is 3.21. The Morgan fingerprint density at radius 1 is 1.53 bits per heavy atom. The maximum Gasteiger partial charge on any atom is 0.239 e. The van der Waals surface area contributed by atoms with Gasteiger partial charge in [-0.3, -0.25) is 5.43 Å². The van der Waals surface area contributed by atoms with Crippen LogP contribution in [0.4, 0.5) is 11.8 Å². The Kier molecular flexibility index (Phi) is 4.26. The summed E-state index contributed by atoms with van der Waals surface area (Å²) in [5.74, 6) is 6.26. The fourth-order valence-electron chi connectivity index (χ4n) is 1.19. The van der Waals surface area contributed by atoms with Gasteiger partial charge in [0, 0.05) is 11.8 Å². The van der Waals surface area contributed by atoms with Gasteiger partial charge in [-0.1, -0.05) is 6.92 Å². The number of aromatic nitrogens is 2. The van der Waals surface area contributed by atoms with Gasteiger partial charge in [-0.15, -0.1) is 0 Å². The zero-order chi connectivity index (χ0) is 11.3. The van der Waals surface area contributed by atoms with Crippen molar-refractivity contribution in [2.24, 2.45) is 5.84 Å². The summed E-state index contributed by atoms with van der Waals surface area (Å²) in [4.78, 5) is 8.18. The Morgan fingerprint density at radius 3 is 2.80 bits per heavy atom. The molecule has 1 atom stereocenters. The number of nitrogen functional groups attached to an aromatic ring is 1. The van der Waals surface area contributed by atoms with Crippen molar-refractivity contribution in [3.05, 3.63) is 11.8 Å². The highest BCUT2D eigenvalue weighted by atomic mass is 16.3. The first-order chi connectivity index (χ1) is 7.19. The summed E-state index contributed by atoms with van der Waals surface area (Å²) in [5, 5.41) is 12.1. The SMILES string of the molecule is CCC(CO)Nc1cc(C)nc(NN)n1. The first-order valence-electron chi connectivity index (χ1n) is 4.89. The molecular formula is C9H17N5O. The average Bonchev–Trinajstić information content (AvgIpc) is 2.25. The van der Waals surface area contributed by atoms with Crippen LogP contribution in [0.1, 0.15) is 19.0 Å². The third kappa shape index (κ3) is 3.34. The van der Waals surface area contributed by atoms with Crippen molar-refractivity contribution in [3.63, 3.8) is 0 Å². The lowest BCUT2D eigenvalue weighted by Crippen LogP contribution is -2.24. The Balaban J connectivity index is 2.79. The van der Waals surface area contributed by atoms with Gasteiger partial charge in [0.1, 0.15) is 5.82 Å². The molecule has 0 aromatic carbocycles. The monoisotopic (exact) mass is 211 g/mol. The summed E-state index contributed by atoms with van der Waals surface area (Å²) >= 11 is 0. The molecule has 0 amide bonds. The van der Waals surface area contributed by atoms with Crippen molar-refractivity contribution in [2.75, 3.05) is 17.3 Å². The maximum atomic E-state index is 9.04. The number of rotatable bonds is 5. The minimum absolute atomic E-state index is 0.00456. The molecule has 1 aromatic rings. The molecule has 0 aliphatic rings. The quantitative estimate of drug-likeness (QED) is 0.412. The van der Waals surface area contributed by atoms with Crippen molar-refractivity contribution >= 4 is 11.8 Å². The van der Waals surface area contributed by atoms with Crippen LogP contribution >= 0.6 is 0 Å². The third-order valence-corrected chi connectivity index (χ3v) is 2.05. The Labute approximate surface area is 88.9 Å². The number of hydrogen-bond acceptors (Lipinski definition) is 6. The van der Waals surface area contributed by atoms with Crippen LogP contribution in [0.3, 0.4) is 0 Å². The molecule has 1 aromatic heterocycles. The van der Waals surface area contributed by atoms with Crippen LogP contribution in [0.25, 0.3) is 0 Å². The number of aryl methyl sites for hydroxylation is 1. The van der Waals surface area contributed by atoms with E-state index in [2.05, 4.69) is 20.7 Å². The van der Waals surface area contributed by atoms with Gasteiger partial charge in [0.2, 0.25) is 5.95 Å². The summed E-state index contributed by atoms with van der Waals surface area (Å²) in [6, 6.07) is 1.81. The maximum absolute atomic E-state index is 9.04. The topological polar surface area (TPSA) is 96.1 Å². The highest BCUT2D eigenvalue weighted by Crippen LogP contribution is 2.10. The van der Waals surface area contributed by atoms with Crippen molar-refractivity contribution in [3.8, 4) is 0 Å². The molecule has 0 bridgehead atoms. The molecule has 0 radical (unpaired) electrons. The normalized spacial score (nSPS) is 12.3. The van der Waals surface area contributed by atoms with Gasteiger partial charge in [-0.2, -0.15) is 4.98 Å². The molecule has 6 heteroatoms. The molecular weight excluding hydrogens is 194 g/mol. The Hall–Kier alpha value is -1.40. The number of nitrogens with two attached hydrogens (primary N) is 1. The molecule has 0 saturated carbocycles. The number of nitrogens with zero attached hydrogens (tertiary/aromatic N) is 2. The molecule has 84 valence electrons. The van der Waals surface area contributed by atoms with Gasteiger partial charge >= 0.3 is 0 Å². The van der Waals surface area contributed by atoms with E-state index in [-0.39, 0.29) is 12.6 Å². The molecule has 5 N–H and O–H groups in total. The van der Waals surface area contributed by atoms with Crippen molar-refractivity contribution in [2.45, 2.75) is 26.3 Å². The van der Waals surface area contributed by atoms with Crippen LogP contribution in [0.2, 0.25) is 0 Å². The molecule has 1 heterocycles. The van der Waals surface area contributed by atoms with Crippen LogP contribution in [-0.4, -0.2) is 27.7 Å². The van der Waals surface area contributed by atoms with E-state index in [9.17, 15) is 0 Å². The van der Waals surface area contributed by atoms with Gasteiger partial charge in [0.15, 0.2) is 0 Å². The number of hydrogen-bond donors (Lipinski definition) is 4. The average molecular weight is 211 g/mol. The zero-order valence-corrected chi connectivity index (χ0v) is 8.99. The lowest BCUT2D eigenvalue weighted by Gasteiger charge is -2.15. The van der Waals surface area contributed by atoms with E-state index in [0.29, 0.717) is 11.8 Å². The largest absolute Gasteiger partial charge is 0.394 e. The summed E-state index contributed by atoms with van der Waals surface area (Å²) in [6.45, 7) is 3.92. The van der Waals surface area contributed by atoms with Gasteiger partial charge in [0.25, 0.3) is 0 Å². The summed E-state index contributed by atoms with van der Waals surface area (Å²) in [7, 11) is 0. The first-order valence-corrected chi connectivity index (χ1v) is 4.89. The predicted molar refractivity (Wildman–Crippen MR) is 59.4 cm³/mol. The van der Waals surface area contributed by atoms with Gasteiger partial charge in [-0.05, 0) is 13.3 Å². The highest BCUT2D eigenvalue weighted by molar-refractivity contribution is 5.42. The predicted octanol–water partition coefficient (Wildman–Crippen LogP) is 0.253. The van der Waals surface area contributed by atoms with Crippen LogP contribution in [-0.2, 0) is 0 Å². The van der Waals surface area contributed by atoms with E-state index < -0.39 is 0 Å². The standard InChI is InChI=1S/C9H17N5O/c1-3-7(5-15)12-8-4-6(2)11-9(13-8)14-10/h4,7,15H,3,5,10H2,1-2H3,(H2,11,12,13,14). The first kappa shape index (κ1) is 11.7. The number of anilines is 2. The smallest absolute Gasteiger partial charge is 0.239 e. The van der Waals surface area contributed by atoms with Crippen LogP contribution < -0.4 is 16.6 Å². The molecule has 0 fully saturated rings. The van der Waals surface area contributed by atoms with Crippen LogP contribution in [0.15, 0.2) is 6.07 Å². The Morgan fingerprint density at radius 2 is 2.27 bits per heavy atom. The lowest BCUT2D eigenvalue weighted by atomic mass is 10.2. The fraction of sp³-hybridized carbons (Fsp3) is 0.556. The number of nitrogens with one attached hydrogen (secondary N) is 2. The van der Waals surface area contributed by atoms with E-state index in [1.165, 1.54) is 0 Å². The lowest BCUT2D eigenvalue weighted by molar-refractivity contribution is 0.271. The van der Waals surface area contributed by atoms with Gasteiger partial charge in [0.05, 0.1) is 12.6 Å². The number of aliphatic hydroxyl groups is 1. The zero-order valence-electron chi connectivity index (χ0n) is 8.99. The molecule has 0 aliphatic carbocycles.